The Hall–Kier alpha value is -1.93. The summed E-state index contributed by atoms with van der Waals surface area (Å²) in [6.45, 7) is 3.73. The number of ether oxygens (including phenoxy) is 1. The highest BCUT2D eigenvalue weighted by Gasteiger charge is 2.18. The van der Waals surface area contributed by atoms with Gasteiger partial charge >= 0.3 is 5.97 Å². The third-order valence-electron chi connectivity index (χ3n) is 3.08. The molecule has 1 heterocycles. The summed E-state index contributed by atoms with van der Waals surface area (Å²) in [5.74, 6) is -0.436. The second-order valence-electron chi connectivity index (χ2n) is 4.75. The number of hydrogen-bond donors (Lipinski definition) is 1. The largest absolute Gasteiger partial charge is 0.468 e. The van der Waals surface area contributed by atoms with Gasteiger partial charge in [-0.3, -0.25) is 14.9 Å². The molecule has 1 aromatic heterocycles. The molecule has 0 aliphatic heterocycles. The Morgan fingerprint density at radius 2 is 2.09 bits per heavy atom. The summed E-state index contributed by atoms with van der Waals surface area (Å²) in [6.07, 6.45) is 0. The van der Waals surface area contributed by atoms with Crippen molar-refractivity contribution in [2.75, 3.05) is 18.2 Å². The minimum atomic E-state index is -0.389. The summed E-state index contributed by atoms with van der Waals surface area (Å²) in [4.78, 5) is 23.2. The fourth-order valence-electron chi connectivity index (χ4n) is 1.73. The van der Waals surface area contributed by atoms with Crippen LogP contribution in [0.5, 0.6) is 0 Å². The number of nitrogens with one attached hydrogen (secondary N) is 1. The molecule has 1 N–H and O–H groups in total. The number of carbonyl (C=O) groups excluding carboxylic acids is 2. The first-order valence-electron chi connectivity index (χ1n) is 6.90. The fraction of sp³-hybridized carbons (Fsp3) is 0.333. The SMILES string of the molecule is COC(=O)CSC(C)C(=O)Nc1nnc(-c2ccccc2C)s1. The van der Waals surface area contributed by atoms with E-state index in [1.807, 2.05) is 31.2 Å². The van der Waals surface area contributed by atoms with E-state index in [1.165, 1.54) is 30.2 Å². The maximum atomic E-state index is 12.1. The van der Waals surface area contributed by atoms with Crippen molar-refractivity contribution in [1.82, 2.24) is 10.2 Å². The zero-order valence-electron chi connectivity index (χ0n) is 13.0. The summed E-state index contributed by atoms with van der Waals surface area (Å²) in [6, 6.07) is 7.87. The van der Waals surface area contributed by atoms with Crippen molar-refractivity contribution in [3.8, 4) is 10.6 Å². The monoisotopic (exact) mass is 351 g/mol. The lowest BCUT2D eigenvalue weighted by Crippen LogP contribution is -2.23. The number of benzene rings is 1. The Bertz CT molecular complexity index is 703. The molecule has 23 heavy (non-hydrogen) atoms. The van der Waals surface area contributed by atoms with Crippen molar-refractivity contribution in [2.24, 2.45) is 0 Å². The average molecular weight is 351 g/mol. The van der Waals surface area contributed by atoms with Gasteiger partial charge in [-0.05, 0) is 19.4 Å². The number of rotatable bonds is 6. The molecule has 0 radical (unpaired) electrons. The number of nitrogens with zero attached hydrogens (tertiary/aromatic N) is 2. The van der Waals surface area contributed by atoms with E-state index >= 15 is 0 Å². The maximum Gasteiger partial charge on any atom is 0.315 e. The van der Waals surface area contributed by atoms with Crippen LogP contribution in [0.25, 0.3) is 10.6 Å². The zero-order valence-corrected chi connectivity index (χ0v) is 14.7. The highest BCUT2D eigenvalue weighted by molar-refractivity contribution is 8.01. The van der Waals surface area contributed by atoms with Crippen molar-refractivity contribution in [3.63, 3.8) is 0 Å². The van der Waals surface area contributed by atoms with E-state index < -0.39 is 0 Å². The number of methoxy groups -OCH3 is 1. The van der Waals surface area contributed by atoms with E-state index in [4.69, 9.17) is 0 Å². The van der Waals surface area contributed by atoms with E-state index in [0.717, 1.165) is 16.1 Å². The highest BCUT2D eigenvalue weighted by Crippen LogP contribution is 2.28. The fourth-order valence-corrected chi connectivity index (χ4v) is 3.28. The lowest BCUT2D eigenvalue weighted by molar-refractivity contribution is -0.137. The van der Waals surface area contributed by atoms with Gasteiger partial charge < -0.3 is 4.74 Å². The summed E-state index contributed by atoms with van der Waals surface area (Å²) < 4.78 is 4.55. The molecule has 1 aromatic carbocycles. The van der Waals surface area contributed by atoms with Crippen LogP contribution < -0.4 is 5.32 Å². The molecule has 0 spiro atoms. The number of aromatic nitrogens is 2. The molecule has 1 atom stereocenters. The van der Waals surface area contributed by atoms with Crippen LogP contribution in [-0.2, 0) is 14.3 Å². The van der Waals surface area contributed by atoms with Crippen LogP contribution in [0.3, 0.4) is 0 Å². The summed E-state index contributed by atoms with van der Waals surface area (Å²) >= 11 is 2.53. The first-order valence-corrected chi connectivity index (χ1v) is 8.76. The van der Waals surface area contributed by atoms with Crippen molar-refractivity contribution < 1.29 is 14.3 Å². The molecule has 0 saturated carbocycles. The van der Waals surface area contributed by atoms with Crippen LogP contribution in [0.15, 0.2) is 24.3 Å². The van der Waals surface area contributed by atoms with Gasteiger partial charge in [0.25, 0.3) is 0 Å². The topological polar surface area (TPSA) is 81.2 Å². The first kappa shape index (κ1) is 17.4. The lowest BCUT2D eigenvalue weighted by Gasteiger charge is -2.08. The molecule has 6 nitrogen and oxygen atoms in total. The smallest absolute Gasteiger partial charge is 0.315 e. The van der Waals surface area contributed by atoms with Gasteiger partial charge in [0.1, 0.15) is 5.01 Å². The molecule has 2 aromatic rings. The van der Waals surface area contributed by atoms with Gasteiger partial charge in [0.2, 0.25) is 11.0 Å². The van der Waals surface area contributed by atoms with Gasteiger partial charge in [-0.25, -0.2) is 0 Å². The van der Waals surface area contributed by atoms with Gasteiger partial charge in [-0.2, -0.15) is 0 Å². The molecule has 0 saturated heterocycles. The molecular weight excluding hydrogens is 334 g/mol. The van der Waals surface area contributed by atoms with Gasteiger partial charge in [-0.15, -0.1) is 22.0 Å². The Morgan fingerprint density at radius 3 is 2.78 bits per heavy atom. The van der Waals surface area contributed by atoms with Gasteiger partial charge in [0.05, 0.1) is 18.1 Å². The lowest BCUT2D eigenvalue weighted by atomic mass is 10.1. The van der Waals surface area contributed by atoms with Crippen molar-refractivity contribution in [1.29, 1.82) is 0 Å². The predicted molar refractivity (Wildman–Crippen MR) is 92.6 cm³/mol. The zero-order chi connectivity index (χ0) is 16.8. The third kappa shape index (κ3) is 4.77. The normalized spacial score (nSPS) is 11.8. The van der Waals surface area contributed by atoms with Gasteiger partial charge in [-0.1, -0.05) is 35.6 Å². The molecule has 1 unspecified atom stereocenters. The van der Waals surface area contributed by atoms with Crippen LogP contribution in [0.2, 0.25) is 0 Å². The van der Waals surface area contributed by atoms with Crippen molar-refractivity contribution >= 4 is 40.1 Å². The van der Waals surface area contributed by atoms with E-state index in [0.29, 0.717) is 5.13 Å². The molecule has 0 aliphatic rings. The molecule has 0 aliphatic carbocycles. The van der Waals surface area contributed by atoms with E-state index in [9.17, 15) is 9.59 Å². The predicted octanol–water partition coefficient (Wildman–Crippen LogP) is 2.75. The number of hydrogen-bond acceptors (Lipinski definition) is 7. The van der Waals surface area contributed by atoms with Gasteiger partial charge in [0, 0.05) is 5.56 Å². The van der Waals surface area contributed by atoms with Gasteiger partial charge in [0.15, 0.2) is 0 Å². The summed E-state index contributed by atoms with van der Waals surface area (Å²) in [5.41, 5.74) is 2.10. The minimum absolute atomic E-state index is 0.135. The summed E-state index contributed by atoms with van der Waals surface area (Å²) in [5, 5.41) is 11.7. The van der Waals surface area contributed by atoms with Crippen molar-refractivity contribution in [2.45, 2.75) is 19.1 Å². The van der Waals surface area contributed by atoms with Crippen LogP contribution in [0, 0.1) is 6.92 Å². The van der Waals surface area contributed by atoms with Crippen LogP contribution in [-0.4, -0.2) is 40.2 Å². The standard InChI is InChI=1S/C15H17N3O3S2/c1-9-6-4-5-7-11(9)14-17-18-15(23-14)16-13(20)10(2)22-8-12(19)21-3/h4-7,10H,8H2,1-3H3,(H,16,18,20). The first-order chi connectivity index (χ1) is 11.0. The quantitative estimate of drug-likeness (QED) is 0.806. The van der Waals surface area contributed by atoms with Crippen LogP contribution in [0.4, 0.5) is 5.13 Å². The van der Waals surface area contributed by atoms with E-state index in [1.54, 1.807) is 6.92 Å². The second kappa shape index (κ2) is 8.07. The Balaban J connectivity index is 1.97. The molecule has 8 heteroatoms. The minimum Gasteiger partial charge on any atom is -0.468 e. The van der Waals surface area contributed by atoms with Crippen LogP contribution >= 0.6 is 23.1 Å². The maximum absolute atomic E-state index is 12.1. The number of carbonyl (C=O) groups is 2. The number of anilines is 1. The van der Waals surface area contributed by atoms with E-state index in [2.05, 4.69) is 20.3 Å². The number of esters is 1. The van der Waals surface area contributed by atoms with E-state index in [-0.39, 0.29) is 22.9 Å². The number of thioether (sulfide) groups is 1. The second-order valence-corrected chi connectivity index (χ2v) is 7.05. The third-order valence-corrected chi connectivity index (χ3v) is 5.07. The number of amides is 1. The van der Waals surface area contributed by atoms with Crippen molar-refractivity contribution in [3.05, 3.63) is 29.8 Å². The molecular formula is C15H17N3O3S2. The Labute approximate surface area is 142 Å². The average Bonchev–Trinajstić information content (AvgIpc) is 3.00. The Kier molecular flexibility index (Phi) is 6.12. The van der Waals surface area contributed by atoms with Crippen LogP contribution in [0.1, 0.15) is 12.5 Å². The Morgan fingerprint density at radius 1 is 1.35 bits per heavy atom. The molecule has 122 valence electrons. The summed E-state index contributed by atoms with van der Waals surface area (Å²) in [7, 11) is 1.32. The molecule has 0 bridgehead atoms. The molecule has 0 fully saturated rings. The molecule has 2 rings (SSSR count). The molecule has 1 amide bonds. The number of aryl methyl sites for hydroxylation is 1. The highest BCUT2D eigenvalue weighted by atomic mass is 32.2.